The van der Waals surface area contributed by atoms with E-state index in [1.165, 1.54) is 11.8 Å². The zero-order valence-electron chi connectivity index (χ0n) is 11.0. The molecule has 5 heteroatoms. The fourth-order valence-corrected chi connectivity index (χ4v) is 2.58. The van der Waals surface area contributed by atoms with Crippen molar-refractivity contribution in [2.45, 2.75) is 52.4 Å². The highest BCUT2D eigenvalue weighted by atomic mass is 19.4. The second-order valence-corrected chi connectivity index (χ2v) is 6.19. The molecular weight excluding hydrogens is 229 g/mol. The van der Waals surface area contributed by atoms with Crippen LogP contribution < -0.4 is 5.73 Å². The highest BCUT2D eigenvalue weighted by Gasteiger charge is 2.48. The van der Waals surface area contributed by atoms with E-state index in [2.05, 4.69) is 20.8 Å². The summed E-state index contributed by atoms with van der Waals surface area (Å²) in [5, 5.41) is 0. The SMILES string of the molecule is CC(N)C(N1CCC(C(C)(C)C)C1)C(F)(F)F. The van der Waals surface area contributed by atoms with Crippen LogP contribution >= 0.6 is 0 Å². The number of hydrogen-bond acceptors (Lipinski definition) is 2. The maximum atomic E-state index is 12.9. The lowest BCUT2D eigenvalue weighted by Gasteiger charge is -2.34. The molecular formula is C12H23F3N2. The normalized spacial score (nSPS) is 27.2. The van der Waals surface area contributed by atoms with Crippen molar-refractivity contribution >= 4 is 0 Å². The van der Waals surface area contributed by atoms with Crippen LogP contribution in [-0.4, -0.2) is 36.2 Å². The number of likely N-dealkylation sites (tertiary alicyclic amines) is 1. The molecule has 0 aromatic carbocycles. The van der Waals surface area contributed by atoms with Crippen LogP contribution in [0.5, 0.6) is 0 Å². The van der Waals surface area contributed by atoms with Crippen LogP contribution in [0.3, 0.4) is 0 Å². The van der Waals surface area contributed by atoms with E-state index in [0.717, 1.165) is 6.42 Å². The van der Waals surface area contributed by atoms with E-state index in [1.807, 2.05) is 0 Å². The molecule has 1 heterocycles. The molecule has 1 rings (SSSR count). The summed E-state index contributed by atoms with van der Waals surface area (Å²) in [7, 11) is 0. The number of nitrogens with zero attached hydrogens (tertiary/aromatic N) is 1. The molecule has 1 aliphatic rings. The topological polar surface area (TPSA) is 29.3 Å². The zero-order valence-corrected chi connectivity index (χ0v) is 11.0. The third-order valence-electron chi connectivity index (χ3n) is 3.67. The second kappa shape index (κ2) is 4.76. The molecule has 0 spiro atoms. The van der Waals surface area contributed by atoms with Crippen molar-refractivity contribution in [1.82, 2.24) is 4.90 Å². The average molecular weight is 252 g/mol. The van der Waals surface area contributed by atoms with Gasteiger partial charge in [-0.3, -0.25) is 4.90 Å². The first-order valence-electron chi connectivity index (χ1n) is 6.10. The minimum absolute atomic E-state index is 0.0583. The monoisotopic (exact) mass is 252 g/mol. The van der Waals surface area contributed by atoms with Crippen LogP contribution in [-0.2, 0) is 0 Å². The largest absolute Gasteiger partial charge is 0.405 e. The minimum Gasteiger partial charge on any atom is -0.326 e. The highest BCUT2D eigenvalue weighted by molar-refractivity contribution is 4.92. The highest BCUT2D eigenvalue weighted by Crippen LogP contribution is 2.37. The van der Waals surface area contributed by atoms with E-state index >= 15 is 0 Å². The Morgan fingerprint density at radius 2 is 1.76 bits per heavy atom. The van der Waals surface area contributed by atoms with Gasteiger partial charge in [-0.2, -0.15) is 13.2 Å². The van der Waals surface area contributed by atoms with Crippen molar-refractivity contribution in [3.8, 4) is 0 Å². The Kier molecular flexibility index (Phi) is 4.14. The van der Waals surface area contributed by atoms with Crippen molar-refractivity contribution in [3.05, 3.63) is 0 Å². The molecule has 1 saturated heterocycles. The lowest BCUT2D eigenvalue weighted by molar-refractivity contribution is -0.186. The Morgan fingerprint density at radius 3 is 2.06 bits per heavy atom. The van der Waals surface area contributed by atoms with Crippen molar-refractivity contribution in [2.75, 3.05) is 13.1 Å². The summed E-state index contributed by atoms with van der Waals surface area (Å²) in [6.45, 7) is 8.66. The van der Waals surface area contributed by atoms with Crippen molar-refractivity contribution in [1.29, 1.82) is 0 Å². The zero-order chi connectivity index (χ0) is 13.4. The van der Waals surface area contributed by atoms with Crippen LogP contribution in [0.15, 0.2) is 0 Å². The molecule has 0 aromatic heterocycles. The van der Waals surface area contributed by atoms with E-state index in [1.54, 1.807) is 0 Å². The predicted molar refractivity (Wildman–Crippen MR) is 62.6 cm³/mol. The smallest absolute Gasteiger partial charge is 0.326 e. The molecule has 0 amide bonds. The number of nitrogens with two attached hydrogens (primary N) is 1. The summed E-state index contributed by atoms with van der Waals surface area (Å²) in [6.07, 6.45) is -3.41. The Hall–Kier alpha value is -0.290. The van der Waals surface area contributed by atoms with Gasteiger partial charge in [0.2, 0.25) is 0 Å². The van der Waals surface area contributed by atoms with Gasteiger partial charge in [-0.1, -0.05) is 20.8 Å². The van der Waals surface area contributed by atoms with Gasteiger partial charge in [0.25, 0.3) is 0 Å². The molecule has 0 saturated carbocycles. The van der Waals surface area contributed by atoms with Crippen molar-refractivity contribution < 1.29 is 13.2 Å². The Balaban J connectivity index is 2.74. The summed E-state index contributed by atoms with van der Waals surface area (Å²) in [5.41, 5.74) is 5.55. The summed E-state index contributed by atoms with van der Waals surface area (Å²) < 4.78 is 38.8. The minimum atomic E-state index is -4.24. The summed E-state index contributed by atoms with van der Waals surface area (Å²) in [6, 6.07) is -2.39. The maximum Gasteiger partial charge on any atom is 0.405 e. The van der Waals surface area contributed by atoms with E-state index in [9.17, 15) is 13.2 Å². The first-order valence-corrected chi connectivity index (χ1v) is 6.10. The van der Waals surface area contributed by atoms with E-state index < -0.39 is 18.3 Å². The van der Waals surface area contributed by atoms with Gasteiger partial charge in [0, 0.05) is 12.6 Å². The third kappa shape index (κ3) is 3.58. The van der Waals surface area contributed by atoms with E-state index in [-0.39, 0.29) is 5.41 Å². The van der Waals surface area contributed by atoms with Gasteiger partial charge in [0.1, 0.15) is 6.04 Å². The molecule has 2 N–H and O–H groups in total. The van der Waals surface area contributed by atoms with Crippen molar-refractivity contribution in [3.63, 3.8) is 0 Å². The molecule has 0 radical (unpaired) electrons. The molecule has 102 valence electrons. The summed E-state index contributed by atoms with van der Waals surface area (Å²) in [4.78, 5) is 1.50. The van der Waals surface area contributed by atoms with Gasteiger partial charge in [-0.25, -0.2) is 0 Å². The van der Waals surface area contributed by atoms with Crippen LogP contribution in [0, 0.1) is 11.3 Å². The molecule has 17 heavy (non-hydrogen) atoms. The average Bonchev–Trinajstić information content (AvgIpc) is 2.47. The number of rotatable bonds is 2. The second-order valence-electron chi connectivity index (χ2n) is 6.19. The number of alkyl halides is 3. The Labute approximate surface area is 101 Å². The van der Waals surface area contributed by atoms with E-state index in [0.29, 0.717) is 19.0 Å². The van der Waals surface area contributed by atoms with Crippen LogP contribution in [0.4, 0.5) is 13.2 Å². The fourth-order valence-electron chi connectivity index (χ4n) is 2.58. The molecule has 3 unspecified atom stereocenters. The quantitative estimate of drug-likeness (QED) is 0.818. The van der Waals surface area contributed by atoms with Gasteiger partial charge in [-0.15, -0.1) is 0 Å². The molecule has 0 aromatic rings. The Bertz CT molecular complexity index is 255. The summed E-state index contributed by atoms with van der Waals surface area (Å²) >= 11 is 0. The first-order chi connectivity index (χ1) is 7.53. The summed E-state index contributed by atoms with van der Waals surface area (Å²) in [5.74, 6) is 0.311. The number of hydrogen-bond donors (Lipinski definition) is 1. The molecule has 3 atom stereocenters. The first kappa shape index (κ1) is 14.8. The molecule has 0 aliphatic carbocycles. The molecule has 1 aliphatic heterocycles. The fraction of sp³-hybridized carbons (Fsp3) is 1.00. The lowest BCUT2D eigenvalue weighted by atomic mass is 9.80. The standard InChI is InChI=1S/C12H23F3N2/c1-8(16)10(12(13,14)15)17-6-5-9(7-17)11(2,3)4/h8-10H,5-7,16H2,1-4H3. The van der Waals surface area contributed by atoms with Gasteiger partial charge in [0.05, 0.1) is 0 Å². The van der Waals surface area contributed by atoms with Gasteiger partial charge >= 0.3 is 6.18 Å². The predicted octanol–water partition coefficient (Wildman–Crippen LogP) is 2.63. The van der Waals surface area contributed by atoms with Crippen LogP contribution in [0.2, 0.25) is 0 Å². The van der Waals surface area contributed by atoms with Crippen molar-refractivity contribution in [2.24, 2.45) is 17.1 Å². The maximum absolute atomic E-state index is 12.9. The molecule has 1 fully saturated rings. The van der Waals surface area contributed by atoms with Gasteiger partial charge in [0.15, 0.2) is 0 Å². The number of halogens is 3. The lowest BCUT2D eigenvalue weighted by Crippen LogP contribution is -2.54. The van der Waals surface area contributed by atoms with Crippen LogP contribution in [0.1, 0.15) is 34.1 Å². The van der Waals surface area contributed by atoms with E-state index in [4.69, 9.17) is 5.73 Å². The molecule has 0 bridgehead atoms. The molecule has 2 nitrogen and oxygen atoms in total. The van der Waals surface area contributed by atoms with Gasteiger partial charge < -0.3 is 5.73 Å². The van der Waals surface area contributed by atoms with Gasteiger partial charge in [-0.05, 0) is 31.2 Å². The van der Waals surface area contributed by atoms with Crippen LogP contribution in [0.25, 0.3) is 0 Å². The Morgan fingerprint density at radius 1 is 1.24 bits per heavy atom. The third-order valence-corrected chi connectivity index (χ3v) is 3.67.